The average molecular weight is 386 g/mol. The van der Waals surface area contributed by atoms with E-state index >= 15 is 0 Å². The molecule has 0 bridgehead atoms. The lowest BCUT2D eigenvalue weighted by Crippen LogP contribution is -2.39. The van der Waals surface area contributed by atoms with Gasteiger partial charge in [-0.15, -0.1) is 10.2 Å². The summed E-state index contributed by atoms with van der Waals surface area (Å²) in [4.78, 5) is 25.0. The second kappa shape index (κ2) is 6.96. The number of aromatic nitrogens is 3. The number of amides is 1. The summed E-state index contributed by atoms with van der Waals surface area (Å²) >= 11 is 6.12. The Morgan fingerprint density at radius 2 is 2.11 bits per heavy atom. The molecule has 1 atom stereocenters. The third kappa shape index (κ3) is 3.23. The first-order chi connectivity index (χ1) is 13.0. The van der Waals surface area contributed by atoms with Crippen molar-refractivity contribution in [2.75, 3.05) is 13.1 Å². The lowest BCUT2D eigenvalue weighted by molar-refractivity contribution is -0.384. The fraction of sp³-hybridized carbons (Fsp3) is 0.278. The first-order valence-electron chi connectivity index (χ1n) is 8.57. The van der Waals surface area contributed by atoms with E-state index in [-0.39, 0.29) is 28.1 Å². The summed E-state index contributed by atoms with van der Waals surface area (Å²) in [5.74, 6) is 0.670. The Bertz CT molecular complexity index is 1030. The Hall–Kier alpha value is -3.00. The van der Waals surface area contributed by atoms with Crippen molar-refractivity contribution in [1.82, 2.24) is 19.5 Å². The number of carbonyl (C=O) groups excluding carboxylic acids is 1. The van der Waals surface area contributed by atoms with E-state index in [9.17, 15) is 14.9 Å². The summed E-state index contributed by atoms with van der Waals surface area (Å²) in [5.41, 5.74) is 0.909. The molecule has 9 heteroatoms. The number of hydrogen-bond donors (Lipinski definition) is 0. The van der Waals surface area contributed by atoms with Gasteiger partial charge in [0.25, 0.3) is 11.6 Å². The third-order valence-electron chi connectivity index (χ3n) is 4.81. The second-order valence-corrected chi connectivity index (χ2v) is 6.91. The molecular formula is C18H16ClN5O3. The van der Waals surface area contributed by atoms with Gasteiger partial charge in [0.15, 0.2) is 5.65 Å². The van der Waals surface area contributed by atoms with Crippen molar-refractivity contribution in [2.45, 2.75) is 18.8 Å². The van der Waals surface area contributed by atoms with Crippen LogP contribution in [0.25, 0.3) is 5.65 Å². The molecule has 8 nitrogen and oxygen atoms in total. The topological polar surface area (TPSA) is 93.6 Å². The summed E-state index contributed by atoms with van der Waals surface area (Å²) in [6.07, 6.45) is 3.66. The molecule has 1 amide bonds. The van der Waals surface area contributed by atoms with Crippen LogP contribution in [0.2, 0.25) is 5.02 Å². The van der Waals surface area contributed by atoms with E-state index in [0.717, 1.165) is 24.3 Å². The fourth-order valence-electron chi connectivity index (χ4n) is 3.47. The number of rotatable bonds is 3. The highest BCUT2D eigenvalue weighted by Gasteiger charge is 2.29. The van der Waals surface area contributed by atoms with Crippen LogP contribution in [0, 0.1) is 10.1 Å². The molecule has 1 saturated heterocycles. The van der Waals surface area contributed by atoms with Crippen molar-refractivity contribution in [3.8, 4) is 0 Å². The monoisotopic (exact) mass is 385 g/mol. The van der Waals surface area contributed by atoms with Gasteiger partial charge in [-0.05, 0) is 31.0 Å². The Kier molecular flexibility index (Phi) is 4.49. The minimum Gasteiger partial charge on any atom is -0.338 e. The zero-order valence-electron chi connectivity index (χ0n) is 14.3. The molecule has 2 aromatic heterocycles. The number of nitrogens with zero attached hydrogens (tertiary/aromatic N) is 5. The molecule has 0 saturated carbocycles. The van der Waals surface area contributed by atoms with E-state index in [4.69, 9.17) is 11.6 Å². The van der Waals surface area contributed by atoms with Gasteiger partial charge >= 0.3 is 0 Å². The Morgan fingerprint density at radius 3 is 2.89 bits per heavy atom. The van der Waals surface area contributed by atoms with Crippen molar-refractivity contribution in [3.05, 3.63) is 69.1 Å². The highest BCUT2D eigenvalue weighted by Crippen LogP contribution is 2.29. The van der Waals surface area contributed by atoms with E-state index < -0.39 is 4.92 Å². The summed E-state index contributed by atoms with van der Waals surface area (Å²) in [5, 5.41) is 19.4. The van der Waals surface area contributed by atoms with Crippen LogP contribution in [0.3, 0.4) is 0 Å². The second-order valence-electron chi connectivity index (χ2n) is 6.50. The zero-order chi connectivity index (χ0) is 19.0. The number of fused-ring (bicyclic) bond motifs is 1. The molecule has 0 radical (unpaired) electrons. The van der Waals surface area contributed by atoms with E-state index in [1.54, 1.807) is 4.90 Å². The number of nitro groups is 1. The predicted octanol–water partition coefficient (Wildman–Crippen LogP) is 3.31. The van der Waals surface area contributed by atoms with Gasteiger partial charge in [-0.2, -0.15) is 0 Å². The van der Waals surface area contributed by atoms with Gasteiger partial charge in [0.2, 0.25) is 0 Å². The maximum Gasteiger partial charge on any atom is 0.270 e. The highest BCUT2D eigenvalue weighted by molar-refractivity contribution is 6.34. The van der Waals surface area contributed by atoms with Gasteiger partial charge in [0.1, 0.15) is 5.82 Å². The van der Waals surface area contributed by atoms with Crippen molar-refractivity contribution < 1.29 is 9.72 Å². The Labute approximate surface area is 159 Å². The van der Waals surface area contributed by atoms with Crippen LogP contribution in [-0.4, -0.2) is 43.4 Å². The number of non-ortho nitro benzene ring substituents is 1. The van der Waals surface area contributed by atoms with Crippen LogP contribution in [0.4, 0.5) is 5.69 Å². The van der Waals surface area contributed by atoms with Crippen molar-refractivity contribution in [3.63, 3.8) is 0 Å². The number of hydrogen-bond acceptors (Lipinski definition) is 5. The Morgan fingerprint density at radius 1 is 1.26 bits per heavy atom. The average Bonchev–Trinajstić information content (AvgIpc) is 3.11. The minimum absolute atomic E-state index is 0.0666. The lowest BCUT2D eigenvalue weighted by atomic mass is 9.96. The van der Waals surface area contributed by atoms with Gasteiger partial charge in [0.05, 0.1) is 15.5 Å². The summed E-state index contributed by atoms with van der Waals surface area (Å²) < 4.78 is 1.94. The van der Waals surface area contributed by atoms with E-state index in [1.807, 2.05) is 28.8 Å². The number of pyridine rings is 1. The van der Waals surface area contributed by atoms with Crippen molar-refractivity contribution >= 4 is 28.8 Å². The van der Waals surface area contributed by atoms with Crippen LogP contribution in [0.1, 0.15) is 34.9 Å². The molecule has 0 aliphatic carbocycles. The highest BCUT2D eigenvalue weighted by atomic mass is 35.5. The van der Waals surface area contributed by atoms with Gasteiger partial charge in [0, 0.05) is 37.3 Å². The molecule has 1 aliphatic heterocycles. The number of halogens is 1. The summed E-state index contributed by atoms with van der Waals surface area (Å²) in [6, 6.07) is 9.63. The van der Waals surface area contributed by atoms with E-state index in [1.165, 1.54) is 18.2 Å². The molecule has 4 rings (SSSR count). The molecule has 0 spiro atoms. The number of benzene rings is 1. The van der Waals surface area contributed by atoms with Crippen molar-refractivity contribution in [2.24, 2.45) is 0 Å². The number of carbonyl (C=O) groups is 1. The molecule has 3 aromatic rings. The SMILES string of the molecule is O=C(c1ccc([N+](=O)[O-])cc1Cl)N1CCCC(c2nnc3ccccn23)C1. The molecule has 1 unspecified atom stereocenters. The molecule has 27 heavy (non-hydrogen) atoms. The number of piperidine rings is 1. The molecule has 138 valence electrons. The van der Waals surface area contributed by atoms with Crippen LogP contribution < -0.4 is 0 Å². The fourth-order valence-corrected chi connectivity index (χ4v) is 3.73. The van der Waals surface area contributed by atoms with Crippen molar-refractivity contribution in [1.29, 1.82) is 0 Å². The maximum absolute atomic E-state index is 12.9. The molecule has 3 heterocycles. The Balaban J connectivity index is 1.58. The lowest BCUT2D eigenvalue weighted by Gasteiger charge is -2.32. The molecule has 1 fully saturated rings. The number of nitro benzene ring substituents is 1. The van der Waals surface area contributed by atoms with E-state index in [0.29, 0.717) is 13.1 Å². The molecule has 1 aromatic carbocycles. The standard InChI is InChI=1S/C18H16ClN5O3/c19-15-10-13(24(26)27)6-7-14(15)18(25)22-8-3-4-12(11-22)17-21-20-16-5-1-2-9-23(16)17/h1-2,5-7,9-10,12H,3-4,8,11H2. The summed E-state index contributed by atoms with van der Waals surface area (Å²) in [6.45, 7) is 1.11. The minimum atomic E-state index is -0.534. The molecule has 0 N–H and O–H groups in total. The summed E-state index contributed by atoms with van der Waals surface area (Å²) in [7, 11) is 0. The van der Waals surface area contributed by atoms with Crippen LogP contribution in [0.15, 0.2) is 42.6 Å². The molecular weight excluding hydrogens is 370 g/mol. The van der Waals surface area contributed by atoms with Gasteiger partial charge in [-0.3, -0.25) is 19.3 Å². The first kappa shape index (κ1) is 17.4. The zero-order valence-corrected chi connectivity index (χ0v) is 15.0. The largest absolute Gasteiger partial charge is 0.338 e. The predicted molar refractivity (Wildman–Crippen MR) is 99.0 cm³/mol. The van der Waals surface area contributed by atoms with Gasteiger partial charge < -0.3 is 4.90 Å². The van der Waals surface area contributed by atoms with E-state index in [2.05, 4.69) is 10.2 Å². The normalized spacial score (nSPS) is 17.2. The van der Waals surface area contributed by atoms with Gasteiger partial charge in [-0.1, -0.05) is 17.7 Å². The maximum atomic E-state index is 12.9. The first-order valence-corrected chi connectivity index (χ1v) is 8.95. The van der Waals surface area contributed by atoms with Crippen LogP contribution in [0.5, 0.6) is 0 Å². The van der Waals surface area contributed by atoms with Crippen LogP contribution >= 0.6 is 11.6 Å². The van der Waals surface area contributed by atoms with Crippen LogP contribution in [-0.2, 0) is 0 Å². The molecule has 1 aliphatic rings. The smallest absolute Gasteiger partial charge is 0.270 e. The third-order valence-corrected chi connectivity index (χ3v) is 5.12. The number of likely N-dealkylation sites (tertiary alicyclic amines) is 1. The van der Waals surface area contributed by atoms with Gasteiger partial charge in [-0.25, -0.2) is 0 Å². The quantitative estimate of drug-likeness (QED) is 0.509.